The zero-order valence-electron chi connectivity index (χ0n) is 11.8. The molecule has 1 N–H and O–H groups in total. The lowest BCUT2D eigenvalue weighted by Crippen LogP contribution is -2.53. The van der Waals surface area contributed by atoms with Gasteiger partial charge in [0, 0.05) is 12.1 Å². The third-order valence-electron chi connectivity index (χ3n) is 5.44. The van der Waals surface area contributed by atoms with Crippen molar-refractivity contribution in [1.82, 2.24) is 5.32 Å². The molecule has 2 aliphatic carbocycles. The van der Waals surface area contributed by atoms with Gasteiger partial charge in [-0.25, -0.2) is 0 Å². The Morgan fingerprint density at radius 3 is 2.50 bits per heavy atom. The molecule has 0 aliphatic heterocycles. The van der Waals surface area contributed by atoms with Gasteiger partial charge in [0.1, 0.15) is 0 Å². The molecular weight excluding hydrogens is 194 g/mol. The largest absolute Gasteiger partial charge is 0.310 e. The summed E-state index contributed by atoms with van der Waals surface area (Å²) in [7, 11) is 0. The van der Waals surface area contributed by atoms with Crippen molar-refractivity contribution in [2.75, 3.05) is 0 Å². The summed E-state index contributed by atoms with van der Waals surface area (Å²) in [6.45, 7) is 12.1. The Morgan fingerprint density at radius 2 is 2.00 bits per heavy atom. The van der Waals surface area contributed by atoms with E-state index >= 15 is 0 Å². The lowest BCUT2D eigenvalue weighted by Gasteiger charge is -2.44. The van der Waals surface area contributed by atoms with E-state index in [1.807, 2.05) is 0 Å². The molecule has 1 nitrogen and oxygen atoms in total. The fourth-order valence-corrected chi connectivity index (χ4v) is 4.52. The van der Waals surface area contributed by atoms with Gasteiger partial charge in [0.05, 0.1) is 0 Å². The lowest BCUT2D eigenvalue weighted by molar-refractivity contribution is 0.0990. The first-order valence-corrected chi connectivity index (χ1v) is 7.16. The zero-order valence-corrected chi connectivity index (χ0v) is 11.8. The molecule has 0 heterocycles. The van der Waals surface area contributed by atoms with Crippen molar-refractivity contribution in [3.05, 3.63) is 0 Å². The van der Waals surface area contributed by atoms with Crippen LogP contribution in [0.2, 0.25) is 0 Å². The minimum atomic E-state index is 0.509. The fraction of sp³-hybridized carbons (Fsp3) is 1.00. The van der Waals surface area contributed by atoms with Crippen molar-refractivity contribution < 1.29 is 0 Å². The highest BCUT2D eigenvalue weighted by atomic mass is 15.0. The second kappa shape index (κ2) is 4.01. The second-order valence-electron chi connectivity index (χ2n) is 7.20. The van der Waals surface area contributed by atoms with Gasteiger partial charge in [0.2, 0.25) is 0 Å². The molecule has 2 bridgehead atoms. The van der Waals surface area contributed by atoms with E-state index in [0.29, 0.717) is 16.9 Å². The molecule has 2 fully saturated rings. The molecule has 0 aromatic carbocycles. The van der Waals surface area contributed by atoms with Gasteiger partial charge in [-0.15, -0.1) is 0 Å². The number of fused-ring (bicyclic) bond motifs is 2. The van der Waals surface area contributed by atoms with Crippen LogP contribution in [-0.2, 0) is 0 Å². The fourth-order valence-electron chi connectivity index (χ4n) is 4.52. The molecule has 1 heteroatoms. The van der Waals surface area contributed by atoms with Crippen molar-refractivity contribution in [3.8, 4) is 0 Å². The first kappa shape index (κ1) is 12.4. The van der Waals surface area contributed by atoms with Crippen molar-refractivity contribution in [3.63, 3.8) is 0 Å². The first-order chi connectivity index (χ1) is 7.40. The Balaban J connectivity index is 2.08. The summed E-state index contributed by atoms with van der Waals surface area (Å²) in [5.74, 6) is 0.962. The van der Waals surface area contributed by atoms with E-state index in [4.69, 9.17) is 0 Å². The highest BCUT2D eigenvalue weighted by Crippen LogP contribution is 2.62. The van der Waals surface area contributed by atoms with E-state index in [0.717, 1.165) is 12.0 Å². The van der Waals surface area contributed by atoms with Gasteiger partial charge in [-0.3, -0.25) is 0 Å². The molecular formula is C15H29N. The van der Waals surface area contributed by atoms with Crippen LogP contribution in [0.25, 0.3) is 0 Å². The van der Waals surface area contributed by atoms with E-state index in [9.17, 15) is 0 Å². The van der Waals surface area contributed by atoms with Gasteiger partial charge in [-0.2, -0.15) is 0 Å². The minimum absolute atomic E-state index is 0.509. The highest BCUT2D eigenvalue weighted by molar-refractivity contribution is 5.12. The molecule has 16 heavy (non-hydrogen) atoms. The van der Waals surface area contributed by atoms with Gasteiger partial charge < -0.3 is 5.32 Å². The maximum absolute atomic E-state index is 3.94. The van der Waals surface area contributed by atoms with Crippen molar-refractivity contribution in [2.24, 2.45) is 16.7 Å². The number of nitrogens with one attached hydrogen (secondary N) is 1. The maximum Gasteiger partial charge on any atom is 0.0177 e. The summed E-state index contributed by atoms with van der Waals surface area (Å²) in [5, 5.41) is 3.94. The average molecular weight is 223 g/mol. The second-order valence-corrected chi connectivity index (χ2v) is 7.20. The summed E-state index contributed by atoms with van der Waals surface area (Å²) >= 11 is 0. The summed E-state index contributed by atoms with van der Waals surface area (Å²) < 4.78 is 0. The normalized spacial score (nSPS) is 42.6. The Hall–Kier alpha value is -0.0400. The molecule has 0 amide bonds. The van der Waals surface area contributed by atoms with Crippen LogP contribution in [0.1, 0.15) is 66.7 Å². The third-order valence-corrected chi connectivity index (χ3v) is 5.44. The van der Waals surface area contributed by atoms with Crippen LogP contribution in [0.3, 0.4) is 0 Å². The van der Waals surface area contributed by atoms with Crippen molar-refractivity contribution >= 4 is 0 Å². The average Bonchev–Trinajstić information content (AvgIpc) is 2.64. The Morgan fingerprint density at radius 1 is 1.31 bits per heavy atom. The van der Waals surface area contributed by atoms with Gasteiger partial charge >= 0.3 is 0 Å². The summed E-state index contributed by atoms with van der Waals surface area (Å²) in [6, 6.07) is 1.42. The molecule has 2 saturated carbocycles. The van der Waals surface area contributed by atoms with Crippen LogP contribution < -0.4 is 5.32 Å². The molecule has 94 valence electrons. The number of rotatable bonds is 4. The zero-order chi connectivity index (χ0) is 12.0. The van der Waals surface area contributed by atoms with Crippen LogP contribution in [0.4, 0.5) is 0 Å². The molecule has 4 atom stereocenters. The SMILES string of the molecule is CCCC(C)NC1C(C)(C)[C@H]2CC[C@]1(C)C2. The standard InChI is InChI=1S/C15H29N/c1-6-7-11(2)16-13-14(3,4)12-8-9-15(13,5)10-12/h11-13,16H,6-10H2,1-5H3/t11?,12-,13?,15+/m0/s1. The molecule has 0 saturated heterocycles. The predicted molar refractivity (Wildman–Crippen MR) is 70.5 cm³/mol. The van der Waals surface area contributed by atoms with Crippen LogP contribution in [-0.4, -0.2) is 12.1 Å². The monoisotopic (exact) mass is 223 g/mol. The third kappa shape index (κ3) is 1.81. The van der Waals surface area contributed by atoms with E-state index in [-0.39, 0.29) is 0 Å². The molecule has 0 aromatic heterocycles. The lowest BCUT2D eigenvalue weighted by atomic mass is 9.68. The van der Waals surface area contributed by atoms with E-state index < -0.39 is 0 Å². The maximum atomic E-state index is 3.94. The quantitative estimate of drug-likeness (QED) is 0.760. The van der Waals surface area contributed by atoms with Crippen LogP contribution in [0, 0.1) is 16.7 Å². The van der Waals surface area contributed by atoms with Gasteiger partial charge in [-0.1, -0.05) is 34.1 Å². The summed E-state index contributed by atoms with van der Waals surface area (Å²) in [6.07, 6.45) is 6.97. The number of hydrogen-bond donors (Lipinski definition) is 1. The number of hydrogen-bond acceptors (Lipinski definition) is 1. The van der Waals surface area contributed by atoms with E-state index in [1.54, 1.807) is 0 Å². The van der Waals surface area contributed by atoms with E-state index in [1.165, 1.54) is 32.1 Å². The highest BCUT2D eigenvalue weighted by Gasteiger charge is 2.59. The van der Waals surface area contributed by atoms with Crippen LogP contribution >= 0.6 is 0 Å². The smallest absolute Gasteiger partial charge is 0.0177 e. The van der Waals surface area contributed by atoms with Gasteiger partial charge in [0.15, 0.2) is 0 Å². The van der Waals surface area contributed by atoms with E-state index in [2.05, 4.69) is 39.9 Å². The molecule has 2 rings (SSSR count). The topological polar surface area (TPSA) is 12.0 Å². The summed E-state index contributed by atoms with van der Waals surface area (Å²) in [5.41, 5.74) is 1.09. The Kier molecular flexibility index (Phi) is 3.11. The molecule has 2 unspecified atom stereocenters. The Bertz CT molecular complexity index is 253. The summed E-state index contributed by atoms with van der Waals surface area (Å²) in [4.78, 5) is 0. The first-order valence-electron chi connectivity index (χ1n) is 7.16. The molecule has 2 aliphatic rings. The van der Waals surface area contributed by atoms with Gasteiger partial charge in [0.25, 0.3) is 0 Å². The van der Waals surface area contributed by atoms with Gasteiger partial charge in [-0.05, 0) is 49.4 Å². The van der Waals surface area contributed by atoms with Crippen molar-refractivity contribution in [2.45, 2.75) is 78.8 Å². The molecule has 0 aromatic rings. The molecule has 0 radical (unpaired) electrons. The molecule has 0 spiro atoms. The predicted octanol–water partition coefficient (Wildman–Crippen LogP) is 3.98. The Labute approximate surface area is 101 Å². The van der Waals surface area contributed by atoms with Crippen molar-refractivity contribution in [1.29, 1.82) is 0 Å². The van der Waals surface area contributed by atoms with Crippen LogP contribution in [0.5, 0.6) is 0 Å². The minimum Gasteiger partial charge on any atom is -0.310 e. The van der Waals surface area contributed by atoms with Crippen LogP contribution in [0.15, 0.2) is 0 Å².